The van der Waals surface area contributed by atoms with Gasteiger partial charge in [-0.1, -0.05) is 24.3 Å². The third-order valence-corrected chi connectivity index (χ3v) is 7.42. The summed E-state index contributed by atoms with van der Waals surface area (Å²) in [5.41, 5.74) is 9.59. The maximum Gasteiger partial charge on any atom is 0.261 e. The second-order valence-electron chi connectivity index (χ2n) is 8.21. The van der Waals surface area contributed by atoms with Gasteiger partial charge in [-0.05, 0) is 47.9 Å². The Hall–Kier alpha value is -4.05. The number of benzene rings is 3. The van der Waals surface area contributed by atoms with E-state index >= 15 is 0 Å². The van der Waals surface area contributed by atoms with Crippen LogP contribution in [-0.2, 0) is 23.0 Å². The summed E-state index contributed by atoms with van der Waals surface area (Å²) in [6.07, 6.45) is 0.772. The molecule has 3 N–H and O–H groups in total. The van der Waals surface area contributed by atoms with Crippen LogP contribution in [0.3, 0.4) is 0 Å². The molecule has 0 saturated heterocycles. The molecule has 0 fully saturated rings. The smallest absolute Gasteiger partial charge is 0.261 e. The summed E-state index contributed by atoms with van der Waals surface area (Å²) in [5, 5.41) is 0.682. The van der Waals surface area contributed by atoms with E-state index in [0.29, 0.717) is 52.9 Å². The highest BCUT2D eigenvalue weighted by Gasteiger charge is 2.22. The Morgan fingerprint density at radius 3 is 2.43 bits per heavy atom. The molecule has 0 amide bonds. The molecule has 1 aliphatic heterocycles. The number of methoxy groups -OCH3 is 2. The first-order valence-corrected chi connectivity index (χ1v) is 12.5. The Kier molecular flexibility index (Phi) is 5.81. The van der Waals surface area contributed by atoms with Gasteiger partial charge in [-0.2, -0.15) is 4.98 Å². The van der Waals surface area contributed by atoms with E-state index in [2.05, 4.69) is 9.71 Å². The van der Waals surface area contributed by atoms with Crippen molar-refractivity contribution in [3.05, 3.63) is 71.8 Å². The number of hydrogen-bond acceptors (Lipinski definition) is 8. The maximum absolute atomic E-state index is 12.7. The predicted molar refractivity (Wildman–Crippen MR) is 136 cm³/mol. The average Bonchev–Trinajstić information content (AvgIpc) is 2.87. The summed E-state index contributed by atoms with van der Waals surface area (Å²) < 4.78 is 38.9. The summed E-state index contributed by atoms with van der Waals surface area (Å²) in [6, 6.07) is 17.5. The monoisotopic (exact) mass is 491 g/mol. The van der Waals surface area contributed by atoms with Crippen molar-refractivity contribution < 1.29 is 17.9 Å². The zero-order valence-electron chi connectivity index (χ0n) is 19.4. The number of fused-ring (bicyclic) bond motifs is 2. The van der Waals surface area contributed by atoms with Crippen LogP contribution in [-0.4, -0.2) is 39.2 Å². The number of anilines is 3. The zero-order valence-corrected chi connectivity index (χ0v) is 20.2. The fourth-order valence-corrected chi connectivity index (χ4v) is 5.28. The predicted octanol–water partition coefficient (Wildman–Crippen LogP) is 3.59. The van der Waals surface area contributed by atoms with Gasteiger partial charge in [-0.15, -0.1) is 0 Å². The number of rotatable bonds is 6. The Labute approximate surface area is 203 Å². The van der Waals surface area contributed by atoms with Gasteiger partial charge in [0.05, 0.1) is 24.6 Å². The Bertz CT molecular complexity index is 1510. The van der Waals surface area contributed by atoms with Crippen LogP contribution >= 0.6 is 0 Å². The lowest BCUT2D eigenvalue weighted by molar-refractivity contribution is 0.356. The lowest BCUT2D eigenvalue weighted by Crippen LogP contribution is -2.32. The maximum atomic E-state index is 12.7. The van der Waals surface area contributed by atoms with Crippen molar-refractivity contribution in [2.75, 3.05) is 36.1 Å². The van der Waals surface area contributed by atoms with Crippen LogP contribution in [0.25, 0.3) is 10.9 Å². The largest absolute Gasteiger partial charge is 0.493 e. The van der Waals surface area contributed by atoms with E-state index in [9.17, 15) is 8.42 Å². The Morgan fingerprint density at radius 1 is 0.943 bits per heavy atom. The van der Waals surface area contributed by atoms with Gasteiger partial charge in [0.15, 0.2) is 11.5 Å². The van der Waals surface area contributed by atoms with Crippen LogP contribution in [0.5, 0.6) is 11.5 Å². The van der Waals surface area contributed by atoms with E-state index in [-0.39, 0.29) is 4.90 Å². The molecule has 1 aliphatic rings. The lowest BCUT2D eigenvalue weighted by atomic mass is 9.99. The second kappa shape index (κ2) is 8.95. The molecule has 1 aromatic heterocycles. The number of nitrogen functional groups attached to an aromatic ring is 1. The molecule has 0 bridgehead atoms. The van der Waals surface area contributed by atoms with Gasteiger partial charge in [0, 0.05) is 30.2 Å². The van der Waals surface area contributed by atoms with Crippen LogP contribution in [0.4, 0.5) is 17.5 Å². The van der Waals surface area contributed by atoms with Crippen LogP contribution in [0.15, 0.2) is 65.6 Å². The summed E-state index contributed by atoms with van der Waals surface area (Å²) in [6.45, 7) is 1.23. The molecular formula is C25H25N5O4S. The lowest BCUT2D eigenvalue weighted by Gasteiger charge is -2.29. The molecule has 0 spiro atoms. The molecule has 5 rings (SSSR count). The van der Waals surface area contributed by atoms with Gasteiger partial charge in [-0.3, -0.25) is 4.72 Å². The first-order valence-electron chi connectivity index (χ1n) is 11.0. The minimum absolute atomic E-state index is 0.214. The number of nitrogens with one attached hydrogen (secondary N) is 1. The standard InChI is InChI=1S/C25H25N5O4S/c1-33-22-13-20-21(14-23(22)34-2)27-25(28-24(20)26)30-11-10-16-8-9-18(12-17(16)15-30)29-35(31,32)19-6-4-3-5-7-19/h3-9,12-14,29H,10-11,15H2,1-2H3,(H2,26,27,28). The molecule has 3 aromatic carbocycles. The van der Waals surface area contributed by atoms with E-state index in [1.165, 1.54) is 0 Å². The van der Waals surface area contributed by atoms with Crippen LogP contribution in [0, 0.1) is 0 Å². The molecule has 9 nitrogen and oxygen atoms in total. The van der Waals surface area contributed by atoms with E-state index in [4.69, 9.17) is 20.2 Å². The first-order chi connectivity index (χ1) is 16.9. The molecular weight excluding hydrogens is 466 g/mol. The van der Waals surface area contributed by atoms with Crippen LogP contribution < -0.4 is 24.8 Å². The molecule has 0 aliphatic carbocycles. The van der Waals surface area contributed by atoms with Crippen molar-refractivity contribution in [1.29, 1.82) is 0 Å². The van der Waals surface area contributed by atoms with Crippen molar-refractivity contribution in [2.45, 2.75) is 17.9 Å². The van der Waals surface area contributed by atoms with Gasteiger partial charge >= 0.3 is 0 Å². The molecule has 0 atom stereocenters. The van der Waals surface area contributed by atoms with Gasteiger partial charge in [0.25, 0.3) is 10.0 Å². The fraction of sp³-hybridized carbons (Fsp3) is 0.200. The number of sulfonamides is 1. The van der Waals surface area contributed by atoms with E-state index < -0.39 is 10.0 Å². The summed E-state index contributed by atoms with van der Waals surface area (Å²) in [7, 11) is -0.541. The third kappa shape index (κ3) is 4.40. The zero-order chi connectivity index (χ0) is 24.6. The Morgan fingerprint density at radius 2 is 1.69 bits per heavy atom. The minimum atomic E-state index is -3.67. The third-order valence-electron chi connectivity index (χ3n) is 6.03. The van der Waals surface area contributed by atoms with Crippen molar-refractivity contribution in [1.82, 2.24) is 9.97 Å². The van der Waals surface area contributed by atoms with Gasteiger partial charge < -0.3 is 20.1 Å². The highest BCUT2D eigenvalue weighted by molar-refractivity contribution is 7.92. The molecule has 0 radical (unpaired) electrons. The molecule has 35 heavy (non-hydrogen) atoms. The van der Waals surface area contributed by atoms with E-state index in [1.807, 2.05) is 17.0 Å². The topological polar surface area (TPSA) is 120 Å². The SMILES string of the molecule is COc1cc2nc(N3CCc4ccc(NS(=O)(=O)c5ccccc5)cc4C3)nc(N)c2cc1OC. The quantitative estimate of drug-likeness (QED) is 0.420. The first kappa shape index (κ1) is 22.7. The number of aromatic nitrogens is 2. The molecule has 0 saturated carbocycles. The number of ether oxygens (including phenoxy) is 2. The highest BCUT2D eigenvalue weighted by Crippen LogP contribution is 2.35. The van der Waals surface area contributed by atoms with Gasteiger partial charge in [0.1, 0.15) is 5.82 Å². The van der Waals surface area contributed by atoms with Crippen molar-refractivity contribution >= 4 is 38.4 Å². The minimum Gasteiger partial charge on any atom is -0.493 e. The van der Waals surface area contributed by atoms with E-state index in [1.54, 1.807) is 62.8 Å². The normalized spacial score (nSPS) is 13.4. The van der Waals surface area contributed by atoms with Crippen molar-refractivity contribution in [3.8, 4) is 11.5 Å². The number of hydrogen-bond donors (Lipinski definition) is 2. The molecule has 180 valence electrons. The molecule has 4 aromatic rings. The van der Waals surface area contributed by atoms with E-state index in [0.717, 1.165) is 17.5 Å². The Balaban J connectivity index is 1.44. The van der Waals surface area contributed by atoms with Crippen molar-refractivity contribution in [2.24, 2.45) is 0 Å². The summed E-state index contributed by atoms with van der Waals surface area (Å²) in [4.78, 5) is 11.5. The van der Waals surface area contributed by atoms with Crippen LogP contribution in [0.2, 0.25) is 0 Å². The fourth-order valence-electron chi connectivity index (χ4n) is 4.21. The summed E-state index contributed by atoms with van der Waals surface area (Å²) in [5.74, 6) is 1.97. The van der Waals surface area contributed by atoms with Crippen LogP contribution in [0.1, 0.15) is 11.1 Å². The molecule has 2 heterocycles. The van der Waals surface area contributed by atoms with Crippen molar-refractivity contribution in [3.63, 3.8) is 0 Å². The number of nitrogens with zero attached hydrogens (tertiary/aromatic N) is 3. The number of nitrogens with two attached hydrogens (primary N) is 1. The second-order valence-corrected chi connectivity index (χ2v) is 9.89. The van der Waals surface area contributed by atoms with Gasteiger partial charge in [0.2, 0.25) is 5.95 Å². The highest BCUT2D eigenvalue weighted by atomic mass is 32.2. The molecule has 0 unspecified atom stereocenters. The summed E-state index contributed by atoms with van der Waals surface area (Å²) >= 11 is 0. The molecule has 10 heteroatoms. The average molecular weight is 492 g/mol. The van der Waals surface area contributed by atoms with Gasteiger partial charge in [-0.25, -0.2) is 13.4 Å².